The third-order valence-corrected chi connectivity index (χ3v) is 6.55. The van der Waals surface area contributed by atoms with Crippen molar-refractivity contribution in [2.45, 2.75) is 82.2 Å². The lowest BCUT2D eigenvalue weighted by atomic mass is 9.86. The second-order valence-corrected chi connectivity index (χ2v) is 8.80. The van der Waals surface area contributed by atoms with Crippen LogP contribution in [-0.2, 0) is 0 Å². The molecule has 0 unspecified atom stereocenters. The molecule has 2 N–H and O–H groups in total. The molecule has 4 rings (SSSR count). The summed E-state index contributed by atoms with van der Waals surface area (Å²) in [4.78, 5) is 19.0. The number of nitrogens with zero attached hydrogens (tertiary/aromatic N) is 6. The highest BCUT2D eigenvalue weighted by Gasteiger charge is 2.43. The highest BCUT2D eigenvalue weighted by Crippen LogP contribution is 2.41. The Kier molecular flexibility index (Phi) is 5.54. The van der Waals surface area contributed by atoms with Crippen LogP contribution in [0.5, 0.6) is 0 Å². The number of aryl methyl sites for hydroxylation is 1. The van der Waals surface area contributed by atoms with Crippen LogP contribution in [-0.4, -0.2) is 48.2 Å². The van der Waals surface area contributed by atoms with E-state index < -0.39 is 11.8 Å². The van der Waals surface area contributed by atoms with Crippen molar-refractivity contribution in [2.24, 2.45) is 0 Å². The summed E-state index contributed by atoms with van der Waals surface area (Å²) in [7, 11) is 0. The van der Waals surface area contributed by atoms with E-state index in [9.17, 15) is 17.6 Å². The predicted octanol–water partition coefficient (Wildman–Crippen LogP) is 4.24. The van der Waals surface area contributed by atoms with Crippen LogP contribution >= 0.6 is 11.5 Å². The van der Waals surface area contributed by atoms with Crippen LogP contribution in [0.25, 0.3) is 10.8 Å². The third kappa shape index (κ3) is 4.62. The molecule has 2 aromatic heterocycles. The van der Waals surface area contributed by atoms with Gasteiger partial charge < -0.3 is 10.6 Å². The largest absolute Gasteiger partial charge is 0.368 e. The molecule has 0 amide bonds. The molecule has 0 aliphatic heterocycles. The quantitative estimate of drug-likeness (QED) is 0.704. The fourth-order valence-electron chi connectivity index (χ4n) is 4.21. The Morgan fingerprint density at radius 1 is 0.867 bits per heavy atom. The van der Waals surface area contributed by atoms with Gasteiger partial charge in [0.25, 0.3) is 0 Å². The Hall–Kier alpha value is -2.11. The van der Waals surface area contributed by atoms with Gasteiger partial charge in [-0.25, -0.2) is 22.5 Å². The van der Waals surface area contributed by atoms with Crippen LogP contribution in [0.2, 0.25) is 0 Å². The zero-order valence-electron chi connectivity index (χ0n) is 16.5. The van der Waals surface area contributed by atoms with Crippen molar-refractivity contribution in [3.63, 3.8) is 0 Å². The highest BCUT2D eigenvalue weighted by atomic mass is 32.1. The van der Waals surface area contributed by atoms with Crippen LogP contribution in [0, 0.1) is 6.92 Å². The molecule has 2 aliphatic carbocycles. The van der Waals surface area contributed by atoms with Gasteiger partial charge in [-0.15, -0.1) is 0 Å². The van der Waals surface area contributed by atoms with Crippen molar-refractivity contribution < 1.29 is 17.6 Å². The summed E-state index contributed by atoms with van der Waals surface area (Å²) in [5.41, 5.74) is 5.91. The van der Waals surface area contributed by atoms with E-state index in [-0.39, 0.29) is 81.2 Å². The van der Waals surface area contributed by atoms with E-state index in [1.807, 2.05) is 4.90 Å². The maximum Gasteiger partial charge on any atom is 0.248 e. The number of nitrogens with two attached hydrogens (primary N) is 1. The van der Waals surface area contributed by atoms with E-state index in [4.69, 9.17) is 5.73 Å². The van der Waals surface area contributed by atoms with Crippen LogP contribution < -0.4 is 10.6 Å². The molecule has 2 fully saturated rings. The average Bonchev–Trinajstić information content (AvgIpc) is 3.10. The van der Waals surface area contributed by atoms with Crippen molar-refractivity contribution in [3.8, 4) is 10.8 Å². The molecule has 0 saturated heterocycles. The van der Waals surface area contributed by atoms with Gasteiger partial charge in [0.15, 0.2) is 10.8 Å². The van der Waals surface area contributed by atoms with Gasteiger partial charge in [0.1, 0.15) is 5.82 Å². The van der Waals surface area contributed by atoms with E-state index in [1.165, 1.54) is 0 Å². The molecule has 2 heterocycles. The molecule has 0 bridgehead atoms. The second kappa shape index (κ2) is 7.86. The molecule has 0 atom stereocenters. The maximum absolute atomic E-state index is 13.7. The van der Waals surface area contributed by atoms with Gasteiger partial charge >= 0.3 is 0 Å². The Morgan fingerprint density at radius 2 is 1.40 bits per heavy atom. The number of nitrogen functional groups attached to an aromatic ring is 1. The number of hydrogen-bond acceptors (Lipinski definition) is 8. The minimum atomic E-state index is -2.70. The number of aromatic nitrogens is 5. The van der Waals surface area contributed by atoms with Gasteiger partial charge in [0, 0.05) is 37.8 Å². The predicted molar refractivity (Wildman–Crippen MR) is 105 cm³/mol. The summed E-state index contributed by atoms with van der Waals surface area (Å²) in [5.74, 6) is -4.39. The van der Waals surface area contributed by atoms with Crippen molar-refractivity contribution in [3.05, 3.63) is 5.82 Å². The topological polar surface area (TPSA) is 93.7 Å². The number of hydrogen-bond donors (Lipinski definition) is 1. The van der Waals surface area contributed by atoms with Gasteiger partial charge in [-0.05, 0) is 44.1 Å². The zero-order chi connectivity index (χ0) is 21.5. The molecule has 164 valence electrons. The molecule has 7 nitrogen and oxygen atoms in total. The molecular formula is C18H23F4N7S. The smallest absolute Gasteiger partial charge is 0.248 e. The number of halogens is 4. The van der Waals surface area contributed by atoms with E-state index in [0.717, 1.165) is 11.5 Å². The lowest BCUT2D eigenvalue weighted by molar-refractivity contribution is -0.0459. The monoisotopic (exact) mass is 445 g/mol. The van der Waals surface area contributed by atoms with Crippen molar-refractivity contribution in [2.75, 3.05) is 10.6 Å². The molecule has 0 radical (unpaired) electrons. The van der Waals surface area contributed by atoms with Gasteiger partial charge in [-0.2, -0.15) is 19.3 Å². The average molecular weight is 445 g/mol. The van der Waals surface area contributed by atoms with E-state index >= 15 is 0 Å². The van der Waals surface area contributed by atoms with Crippen molar-refractivity contribution >= 4 is 23.4 Å². The maximum atomic E-state index is 13.7. The summed E-state index contributed by atoms with van der Waals surface area (Å²) in [5, 5.41) is 0.466. The zero-order valence-corrected chi connectivity index (χ0v) is 17.3. The van der Waals surface area contributed by atoms with Crippen LogP contribution in [0.1, 0.15) is 57.2 Å². The van der Waals surface area contributed by atoms with Crippen LogP contribution in [0.4, 0.5) is 29.5 Å². The molecule has 2 aromatic rings. The van der Waals surface area contributed by atoms with Gasteiger partial charge in [-0.1, -0.05) is 0 Å². The standard InChI is InChI=1S/C18H23F4N7S/c1-10-24-14(30-28-10)13-25-15(23)27-16(26-13)29(11-2-6-17(19,20)7-3-11)12-4-8-18(21,22)9-5-12/h11-12H,2-9H2,1H3,(H2,23,25,26,27). The van der Waals surface area contributed by atoms with Crippen molar-refractivity contribution in [1.82, 2.24) is 24.3 Å². The minimum Gasteiger partial charge on any atom is -0.368 e. The Balaban J connectivity index is 1.68. The minimum absolute atomic E-state index is 0.0323. The van der Waals surface area contributed by atoms with Crippen LogP contribution in [0.3, 0.4) is 0 Å². The molecular weight excluding hydrogens is 422 g/mol. The summed E-state index contributed by atoms with van der Waals surface area (Å²) in [6.07, 6.45) is -0.0603. The lowest BCUT2D eigenvalue weighted by Gasteiger charge is -2.43. The Bertz CT molecular complexity index is 858. The van der Waals surface area contributed by atoms with Gasteiger partial charge in [0.2, 0.25) is 23.7 Å². The first kappa shape index (κ1) is 21.1. The molecule has 12 heteroatoms. The summed E-state index contributed by atoms with van der Waals surface area (Å²) >= 11 is 1.12. The fraction of sp³-hybridized carbons (Fsp3) is 0.722. The Morgan fingerprint density at radius 3 is 1.87 bits per heavy atom. The van der Waals surface area contributed by atoms with Crippen LogP contribution in [0.15, 0.2) is 0 Å². The van der Waals surface area contributed by atoms with Crippen molar-refractivity contribution in [1.29, 1.82) is 0 Å². The normalized spacial score (nSPS) is 22.2. The second-order valence-electron chi connectivity index (χ2n) is 8.05. The lowest BCUT2D eigenvalue weighted by Crippen LogP contribution is -2.50. The fourth-order valence-corrected chi connectivity index (χ4v) is 4.82. The molecule has 2 saturated carbocycles. The summed E-state index contributed by atoms with van der Waals surface area (Å²) in [6.45, 7) is 1.74. The van der Waals surface area contributed by atoms with Gasteiger partial charge in [-0.3, -0.25) is 0 Å². The molecule has 0 spiro atoms. The first-order valence-corrected chi connectivity index (χ1v) is 10.8. The van der Waals surface area contributed by atoms with E-state index in [2.05, 4.69) is 24.3 Å². The highest BCUT2D eigenvalue weighted by molar-refractivity contribution is 7.09. The van der Waals surface area contributed by atoms with E-state index in [0.29, 0.717) is 10.8 Å². The number of alkyl halides is 4. The number of rotatable bonds is 4. The SMILES string of the molecule is Cc1nsc(-c2nc(N)nc(N(C3CCC(F)(F)CC3)C3CCC(F)(F)CC3)n2)n1. The van der Waals surface area contributed by atoms with Gasteiger partial charge in [0.05, 0.1) is 0 Å². The first-order valence-electron chi connectivity index (χ1n) is 9.98. The molecule has 0 aromatic carbocycles. The third-order valence-electron chi connectivity index (χ3n) is 5.75. The number of anilines is 2. The Labute approximate surface area is 175 Å². The summed E-state index contributed by atoms with van der Waals surface area (Å²) in [6, 6.07) is -0.542. The molecule has 30 heavy (non-hydrogen) atoms. The molecule has 2 aliphatic rings. The first-order chi connectivity index (χ1) is 14.1. The summed E-state index contributed by atoms with van der Waals surface area (Å²) < 4.78 is 59.1. The van der Waals surface area contributed by atoms with E-state index in [1.54, 1.807) is 6.92 Å².